The smallest absolute Gasteiger partial charge is 0.329 e. The molecule has 8 heteroatoms. The van der Waals surface area contributed by atoms with Crippen LogP contribution in [0.2, 0.25) is 0 Å². The highest BCUT2D eigenvalue weighted by Crippen LogP contribution is 2.16. The predicted molar refractivity (Wildman–Crippen MR) is 101 cm³/mol. The highest BCUT2D eigenvalue weighted by atomic mass is 16.5. The van der Waals surface area contributed by atoms with Crippen molar-refractivity contribution >= 4 is 23.9 Å². The van der Waals surface area contributed by atoms with E-state index in [4.69, 9.17) is 4.74 Å². The largest absolute Gasteiger partial charge is 0.483 e. The molecule has 3 amide bonds. The maximum Gasteiger partial charge on any atom is 0.329 e. The molecule has 1 aliphatic heterocycles. The van der Waals surface area contributed by atoms with E-state index in [0.717, 1.165) is 25.9 Å². The lowest BCUT2D eigenvalue weighted by Crippen LogP contribution is -2.39. The highest BCUT2D eigenvalue weighted by molar-refractivity contribution is 6.35. The molecule has 1 aromatic carbocycles. The number of carbonyl (C=O) groups is 3. The molecule has 1 saturated heterocycles. The zero-order valence-corrected chi connectivity index (χ0v) is 15.7. The van der Waals surface area contributed by atoms with Crippen LogP contribution >= 0.6 is 0 Å². The van der Waals surface area contributed by atoms with Gasteiger partial charge < -0.3 is 15.0 Å². The summed E-state index contributed by atoms with van der Waals surface area (Å²) in [5.74, 6) is -0.893. The third kappa shape index (κ3) is 6.73. The summed E-state index contributed by atoms with van der Waals surface area (Å²) >= 11 is 0. The van der Waals surface area contributed by atoms with Crippen molar-refractivity contribution < 1.29 is 19.1 Å². The van der Waals surface area contributed by atoms with Crippen molar-refractivity contribution in [2.45, 2.75) is 26.7 Å². The minimum Gasteiger partial charge on any atom is -0.483 e. The Kier molecular flexibility index (Phi) is 7.79. The summed E-state index contributed by atoms with van der Waals surface area (Å²) in [5.41, 5.74) is 2.77. The predicted octanol–water partition coefficient (Wildman–Crippen LogP) is 0.910. The number of rotatable bonds is 7. The zero-order chi connectivity index (χ0) is 19.6. The normalized spacial score (nSPS) is 13.8. The Morgan fingerprint density at radius 3 is 2.59 bits per heavy atom. The minimum atomic E-state index is -0.838. The van der Waals surface area contributed by atoms with E-state index in [0.29, 0.717) is 17.9 Å². The molecule has 8 nitrogen and oxygen atoms in total. The van der Waals surface area contributed by atoms with Crippen molar-refractivity contribution in [3.05, 3.63) is 29.8 Å². The Bertz CT molecular complexity index is 697. The third-order valence-electron chi connectivity index (χ3n) is 3.98. The van der Waals surface area contributed by atoms with E-state index in [2.05, 4.69) is 15.8 Å². The number of hydrogen-bond acceptors (Lipinski definition) is 5. The third-order valence-corrected chi connectivity index (χ3v) is 3.98. The number of nitrogens with zero attached hydrogens (tertiary/aromatic N) is 2. The molecule has 0 spiro atoms. The molecule has 1 heterocycles. The lowest BCUT2D eigenvalue weighted by molar-refractivity contribution is -0.139. The van der Waals surface area contributed by atoms with Gasteiger partial charge in [0.1, 0.15) is 5.75 Å². The highest BCUT2D eigenvalue weighted by Gasteiger charge is 2.18. The van der Waals surface area contributed by atoms with Crippen LogP contribution in [0.1, 0.15) is 32.3 Å². The second-order valence-electron chi connectivity index (χ2n) is 6.72. The number of benzene rings is 1. The topological polar surface area (TPSA) is 100 Å². The van der Waals surface area contributed by atoms with Gasteiger partial charge in [0.05, 0.1) is 6.21 Å². The number of amides is 3. The number of para-hydroxylation sites is 1. The fourth-order valence-electron chi connectivity index (χ4n) is 2.50. The molecule has 0 unspecified atom stereocenters. The Labute approximate surface area is 158 Å². The molecule has 2 N–H and O–H groups in total. The number of hydrazone groups is 1. The van der Waals surface area contributed by atoms with Crippen LogP contribution in [0, 0.1) is 5.92 Å². The van der Waals surface area contributed by atoms with Gasteiger partial charge in [-0.2, -0.15) is 5.10 Å². The minimum absolute atomic E-state index is 0.0468. The number of carbonyl (C=O) groups excluding carboxylic acids is 3. The zero-order valence-electron chi connectivity index (χ0n) is 15.7. The SMILES string of the molecule is CC(C)CNC(=O)C(=O)N/N=C\c1ccccc1OCC(=O)N1CCCC1. The van der Waals surface area contributed by atoms with Gasteiger partial charge >= 0.3 is 11.8 Å². The summed E-state index contributed by atoms with van der Waals surface area (Å²) < 4.78 is 5.61. The Morgan fingerprint density at radius 2 is 1.89 bits per heavy atom. The maximum atomic E-state index is 12.1. The summed E-state index contributed by atoms with van der Waals surface area (Å²) in [5, 5.41) is 6.30. The van der Waals surface area contributed by atoms with Crippen LogP contribution < -0.4 is 15.5 Å². The van der Waals surface area contributed by atoms with Gasteiger partial charge in [-0.15, -0.1) is 0 Å². The Hall–Kier alpha value is -2.90. The van der Waals surface area contributed by atoms with E-state index in [9.17, 15) is 14.4 Å². The van der Waals surface area contributed by atoms with Crippen molar-refractivity contribution in [2.24, 2.45) is 11.0 Å². The molecule has 0 saturated carbocycles. The monoisotopic (exact) mass is 374 g/mol. The number of hydrogen-bond donors (Lipinski definition) is 2. The second-order valence-corrected chi connectivity index (χ2v) is 6.72. The lowest BCUT2D eigenvalue weighted by Gasteiger charge is -2.16. The fraction of sp³-hybridized carbons (Fsp3) is 0.474. The molecule has 0 atom stereocenters. The molecule has 1 aliphatic rings. The molecular formula is C19H26N4O4. The number of nitrogens with one attached hydrogen (secondary N) is 2. The molecular weight excluding hydrogens is 348 g/mol. The fourth-order valence-corrected chi connectivity index (χ4v) is 2.50. The molecule has 0 radical (unpaired) electrons. The van der Waals surface area contributed by atoms with Crippen molar-refractivity contribution in [3.63, 3.8) is 0 Å². The van der Waals surface area contributed by atoms with E-state index < -0.39 is 11.8 Å². The molecule has 0 bridgehead atoms. The van der Waals surface area contributed by atoms with Crippen molar-refractivity contribution in [1.82, 2.24) is 15.6 Å². The molecule has 0 aliphatic carbocycles. The summed E-state index contributed by atoms with van der Waals surface area (Å²) in [6.45, 7) is 5.78. The summed E-state index contributed by atoms with van der Waals surface area (Å²) in [6.07, 6.45) is 3.43. The molecule has 146 valence electrons. The van der Waals surface area contributed by atoms with E-state index in [1.165, 1.54) is 6.21 Å². The van der Waals surface area contributed by atoms with Gasteiger partial charge in [0, 0.05) is 25.2 Å². The van der Waals surface area contributed by atoms with E-state index in [1.807, 2.05) is 13.8 Å². The summed E-state index contributed by atoms with van der Waals surface area (Å²) in [7, 11) is 0. The van der Waals surface area contributed by atoms with Crippen LogP contribution in [0.25, 0.3) is 0 Å². The first-order valence-electron chi connectivity index (χ1n) is 9.08. The number of likely N-dealkylation sites (tertiary alicyclic amines) is 1. The van der Waals surface area contributed by atoms with E-state index in [1.54, 1.807) is 29.2 Å². The van der Waals surface area contributed by atoms with Crippen LogP contribution in [0.15, 0.2) is 29.4 Å². The Balaban J connectivity index is 1.87. The maximum absolute atomic E-state index is 12.1. The van der Waals surface area contributed by atoms with Crippen LogP contribution in [0.5, 0.6) is 5.75 Å². The van der Waals surface area contributed by atoms with Crippen LogP contribution in [-0.2, 0) is 14.4 Å². The quantitative estimate of drug-likeness (QED) is 0.421. The van der Waals surface area contributed by atoms with Gasteiger partial charge in [0.2, 0.25) is 0 Å². The average Bonchev–Trinajstić information content (AvgIpc) is 3.19. The van der Waals surface area contributed by atoms with E-state index >= 15 is 0 Å². The van der Waals surface area contributed by atoms with Crippen LogP contribution in [0.4, 0.5) is 0 Å². The molecule has 0 aromatic heterocycles. The van der Waals surface area contributed by atoms with Crippen molar-refractivity contribution in [1.29, 1.82) is 0 Å². The van der Waals surface area contributed by atoms with Gasteiger partial charge in [0.15, 0.2) is 6.61 Å². The van der Waals surface area contributed by atoms with Gasteiger partial charge in [0.25, 0.3) is 5.91 Å². The standard InChI is InChI=1S/C19H26N4O4/c1-14(2)11-20-18(25)19(26)22-21-12-15-7-3-4-8-16(15)27-13-17(24)23-9-5-6-10-23/h3-4,7-8,12,14H,5-6,9-11,13H2,1-2H3,(H,20,25)(H,22,26)/b21-12-. The van der Waals surface area contributed by atoms with Crippen molar-refractivity contribution in [2.75, 3.05) is 26.2 Å². The van der Waals surface area contributed by atoms with Crippen LogP contribution in [-0.4, -0.2) is 55.1 Å². The van der Waals surface area contributed by atoms with Gasteiger partial charge in [-0.3, -0.25) is 14.4 Å². The van der Waals surface area contributed by atoms with Gasteiger partial charge in [-0.25, -0.2) is 5.43 Å². The first kappa shape index (κ1) is 20.4. The average molecular weight is 374 g/mol. The summed E-state index contributed by atoms with van der Waals surface area (Å²) in [4.78, 5) is 37.1. The second kappa shape index (κ2) is 10.3. The molecule has 1 fully saturated rings. The summed E-state index contributed by atoms with van der Waals surface area (Å²) in [6, 6.07) is 7.03. The number of ether oxygens (including phenoxy) is 1. The van der Waals surface area contributed by atoms with Crippen molar-refractivity contribution in [3.8, 4) is 5.75 Å². The molecule has 2 rings (SSSR count). The Morgan fingerprint density at radius 1 is 1.19 bits per heavy atom. The molecule has 1 aromatic rings. The lowest BCUT2D eigenvalue weighted by atomic mass is 10.2. The van der Waals surface area contributed by atoms with E-state index in [-0.39, 0.29) is 18.4 Å². The first-order chi connectivity index (χ1) is 13.0. The first-order valence-corrected chi connectivity index (χ1v) is 9.08. The van der Waals surface area contributed by atoms with Crippen LogP contribution in [0.3, 0.4) is 0 Å². The van der Waals surface area contributed by atoms with Gasteiger partial charge in [-0.1, -0.05) is 26.0 Å². The van der Waals surface area contributed by atoms with Gasteiger partial charge in [-0.05, 0) is 30.9 Å². The molecule has 27 heavy (non-hydrogen) atoms.